The van der Waals surface area contributed by atoms with Crippen LogP contribution in [-0.2, 0) is 9.53 Å². The molecule has 0 radical (unpaired) electrons. The maximum absolute atomic E-state index is 15.0. The fourth-order valence-corrected chi connectivity index (χ4v) is 4.45. The van der Waals surface area contributed by atoms with Gasteiger partial charge in [-0.1, -0.05) is 0 Å². The fraction of sp³-hybridized carbons (Fsp3) is 0.333. The van der Waals surface area contributed by atoms with Crippen LogP contribution in [0.1, 0.15) is 10.5 Å². The highest BCUT2D eigenvalue weighted by molar-refractivity contribution is 5.95. The van der Waals surface area contributed by atoms with Crippen LogP contribution in [0.2, 0.25) is 0 Å². The summed E-state index contributed by atoms with van der Waals surface area (Å²) in [5.41, 5.74) is 0.779. The number of carbonyl (C=O) groups is 4. The van der Waals surface area contributed by atoms with E-state index in [1.165, 1.54) is 17.2 Å². The summed E-state index contributed by atoms with van der Waals surface area (Å²) in [7, 11) is 0. The Morgan fingerprint density at radius 1 is 1.15 bits per heavy atom. The molecule has 2 aromatic heterocycles. The predicted octanol–water partition coefficient (Wildman–Crippen LogP) is 0.540. The highest BCUT2D eigenvalue weighted by atomic mass is 19.1. The lowest BCUT2D eigenvalue weighted by Gasteiger charge is -2.36. The molecule has 0 aliphatic carbocycles. The van der Waals surface area contributed by atoms with Crippen LogP contribution in [0.25, 0.3) is 5.78 Å². The molecule has 0 saturated carbocycles. The standard InChI is InChI=1S/C24H25FN8O6/c25-17-10-15(33-13-16(39-24(33)38)11-28-23(36)37)2-3-19(17)30-6-8-31(9-7-30)20(34)12-27-21(35)18-14-32-5-1-4-26-22(32)29-18/h1-5,10,14,16,28H,6-9,11-13H2,(H,27,35)(H,36,37)/t16-/m0/s1. The van der Waals surface area contributed by atoms with Gasteiger partial charge >= 0.3 is 12.2 Å². The van der Waals surface area contributed by atoms with Gasteiger partial charge in [0.15, 0.2) is 0 Å². The highest BCUT2D eigenvalue weighted by Gasteiger charge is 2.33. The molecule has 14 nitrogen and oxygen atoms in total. The van der Waals surface area contributed by atoms with Crippen molar-refractivity contribution in [1.82, 2.24) is 29.9 Å². The molecule has 0 bridgehead atoms. The Kier molecular flexibility index (Phi) is 7.12. The van der Waals surface area contributed by atoms with Gasteiger partial charge in [-0.2, -0.15) is 0 Å². The van der Waals surface area contributed by atoms with Crippen molar-refractivity contribution in [2.75, 3.05) is 55.6 Å². The Morgan fingerprint density at radius 2 is 1.95 bits per heavy atom. The molecule has 5 rings (SSSR count). The van der Waals surface area contributed by atoms with Gasteiger partial charge in [0.2, 0.25) is 11.7 Å². The number of aromatic nitrogens is 3. The molecule has 2 saturated heterocycles. The van der Waals surface area contributed by atoms with E-state index in [0.29, 0.717) is 43.3 Å². The Balaban J connectivity index is 1.12. The van der Waals surface area contributed by atoms with Crippen LogP contribution in [-0.4, -0.2) is 100 Å². The number of nitrogens with zero attached hydrogens (tertiary/aromatic N) is 6. The van der Waals surface area contributed by atoms with E-state index < -0.39 is 30.0 Å². The van der Waals surface area contributed by atoms with Gasteiger partial charge in [0.05, 0.1) is 31.0 Å². The number of imidazole rings is 1. The SMILES string of the molecule is O=C(O)NC[C@H]1CN(c2ccc(N3CCN(C(=O)CNC(=O)c4cn5cccnc5n4)CC3)c(F)c2)C(=O)O1. The normalized spacial score (nSPS) is 17.3. The van der Waals surface area contributed by atoms with Crippen LogP contribution in [0.5, 0.6) is 0 Å². The topological polar surface area (TPSA) is 162 Å². The minimum absolute atomic E-state index is 0.0666. The first kappa shape index (κ1) is 25.7. The fourth-order valence-electron chi connectivity index (χ4n) is 4.45. The van der Waals surface area contributed by atoms with E-state index in [0.717, 1.165) is 0 Å². The van der Waals surface area contributed by atoms with Gasteiger partial charge in [0.1, 0.15) is 17.6 Å². The van der Waals surface area contributed by atoms with E-state index in [1.54, 1.807) is 44.8 Å². The molecule has 4 heterocycles. The van der Waals surface area contributed by atoms with Crippen LogP contribution in [0.3, 0.4) is 0 Å². The maximum atomic E-state index is 15.0. The first-order chi connectivity index (χ1) is 18.8. The summed E-state index contributed by atoms with van der Waals surface area (Å²) in [4.78, 5) is 60.7. The quantitative estimate of drug-likeness (QED) is 0.388. The number of carbonyl (C=O) groups excluding carboxylic acids is 3. The van der Waals surface area contributed by atoms with E-state index in [9.17, 15) is 19.2 Å². The number of rotatable bonds is 7. The number of ether oxygens (including phenoxy) is 1. The lowest BCUT2D eigenvalue weighted by atomic mass is 10.2. The number of amides is 4. The average Bonchev–Trinajstić information content (AvgIpc) is 3.54. The Hall–Kier alpha value is -4.95. The molecule has 0 spiro atoms. The number of fused-ring (bicyclic) bond motifs is 1. The second kappa shape index (κ2) is 10.8. The molecule has 15 heteroatoms. The number of halogens is 1. The second-order valence-electron chi connectivity index (χ2n) is 8.94. The molecular weight excluding hydrogens is 515 g/mol. The van der Waals surface area contributed by atoms with Crippen LogP contribution < -0.4 is 20.4 Å². The molecular formula is C24H25FN8O6. The minimum Gasteiger partial charge on any atom is -0.465 e. The van der Waals surface area contributed by atoms with Gasteiger partial charge in [0, 0.05) is 44.8 Å². The van der Waals surface area contributed by atoms with Crippen molar-refractivity contribution in [3.8, 4) is 0 Å². The van der Waals surface area contributed by atoms with Crippen molar-refractivity contribution in [2.24, 2.45) is 0 Å². The van der Waals surface area contributed by atoms with Crippen molar-refractivity contribution >= 4 is 41.2 Å². The third-order valence-electron chi connectivity index (χ3n) is 6.44. The van der Waals surface area contributed by atoms with Crippen LogP contribution in [0.4, 0.5) is 25.4 Å². The Labute approximate surface area is 221 Å². The molecule has 3 aromatic rings. The zero-order chi connectivity index (χ0) is 27.5. The summed E-state index contributed by atoms with van der Waals surface area (Å²) in [6.45, 7) is 1.26. The molecule has 1 atom stereocenters. The van der Waals surface area contributed by atoms with Crippen LogP contribution in [0.15, 0.2) is 42.9 Å². The number of hydrogen-bond acceptors (Lipinski definition) is 8. The molecule has 0 unspecified atom stereocenters. The van der Waals surface area contributed by atoms with Crippen molar-refractivity contribution in [1.29, 1.82) is 0 Å². The van der Waals surface area contributed by atoms with Gasteiger partial charge < -0.3 is 30.3 Å². The average molecular weight is 541 g/mol. The monoisotopic (exact) mass is 540 g/mol. The van der Waals surface area contributed by atoms with Crippen molar-refractivity contribution < 1.29 is 33.4 Å². The molecule has 2 aliphatic rings. The molecule has 39 heavy (non-hydrogen) atoms. The first-order valence-electron chi connectivity index (χ1n) is 12.1. The van der Waals surface area contributed by atoms with Gasteiger partial charge in [0.25, 0.3) is 5.91 Å². The first-order valence-corrected chi connectivity index (χ1v) is 12.1. The molecule has 204 valence electrons. The molecule has 2 aliphatic heterocycles. The summed E-state index contributed by atoms with van der Waals surface area (Å²) in [6, 6.07) is 6.09. The van der Waals surface area contributed by atoms with Gasteiger partial charge in [-0.05, 0) is 24.3 Å². The minimum atomic E-state index is -1.23. The number of nitrogens with one attached hydrogen (secondary N) is 2. The van der Waals surface area contributed by atoms with Crippen LogP contribution in [0, 0.1) is 5.82 Å². The van der Waals surface area contributed by atoms with E-state index in [2.05, 4.69) is 20.6 Å². The summed E-state index contributed by atoms with van der Waals surface area (Å²) >= 11 is 0. The predicted molar refractivity (Wildman–Crippen MR) is 134 cm³/mol. The number of hydrogen-bond donors (Lipinski definition) is 3. The van der Waals surface area contributed by atoms with E-state index >= 15 is 4.39 Å². The number of carboxylic acid groups (broad SMARTS) is 1. The number of benzene rings is 1. The molecule has 4 amide bonds. The lowest BCUT2D eigenvalue weighted by Crippen LogP contribution is -2.51. The van der Waals surface area contributed by atoms with Crippen molar-refractivity contribution in [3.63, 3.8) is 0 Å². The van der Waals surface area contributed by atoms with Crippen molar-refractivity contribution in [3.05, 3.63) is 54.4 Å². The second-order valence-corrected chi connectivity index (χ2v) is 8.94. The largest absolute Gasteiger partial charge is 0.465 e. The third kappa shape index (κ3) is 5.66. The third-order valence-corrected chi connectivity index (χ3v) is 6.44. The van der Waals surface area contributed by atoms with E-state index in [1.807, 2.05) is 0 Å². The zero-order valence-electron chi connectivity index (χ0n) is 20.6. The molecule has 3 N–H and O–H groups in total. The van der Waals surface area contributed by atoms with Crippen molar-refractivity contribution in [2.45, 2.75) is 6.10 Å². The maximum Gasteiger partial charge on any atom is 0.414 e. The summed E-state index contributed by atoms with van der Waals surface area (Å²) in [5.74, 6) is -0.912. The highest BCUT2D eigenvalue weighted by Crippen LogP contribution is 2.28. The van der Waals surface area contributed by atoms with Gasteiger partial charge in [-0.15, -0.1) is 0 Å². The number of anilines is 2. The lowest BCUT2D eigenvalue weighted by molar-refractivity contribution is -0.130. The number of piperazine rings is 1. The summed E-state index contributed by atoms with van der Waals surface area (Å²) in [6.07, 6.45) is 2.22. The summed E-state index contributed by atoms with van der Waals surface area (Å²) < 4.78 is 21.8. The van der Waals surface area contributed by atoms with E-state index in [-0.39, 0.29) is 31.2 Å². The molecule has 2 fully saturated rings. The van der Waals surface area contributed by atoms with Crippen LogP contribution >= 0.6 is 0 Å². The van der Waals surface area contributed by atoms with Gasteiger partial charge in [-0.25, -0.2) is 23.9 Å². The zero-order valence-corrected chi connectivity index (χ0v) is 20.6. The summed E-state index contributed by atoms with van der Waals surface area (Å²) in [5, 5.41) is 13.4. The Morgan fingerprint density at radius 3 is 2.67 bits per heavy atom. The Bertz CT molecular complexity index is 1390. The van der Waals surface area contributed by atoms with Gasteiger partial charge in [-0.3, -0.25) is 18.9 Å². The number of cyclic esters (lactones) is 1. The molecule has 1 aromatic carbocycles. The van der Waals surface area contributed by atoms with E-state index in [4.69, 9.17) is 9.84 Å². The smallest absolute Gasteiger partial charge is 0.414 e.